The van der Waals surface area contributed by atoms with Crippen LogP contribution in [0.4, 0.5) is 0 Å². The van der Waals surface area contributed by atoms with Crippen molar-refractivity contribution in [3.05, 3.63) is 0 Å². The highest BCUT2D eigenvalue weighted by Crippen LogP contribution is 2.41. The molecular weight excluding hydrogens is 166 g/mol. The van der Waals surface area contributed by atoms with Crippen LogP contribution in [0, 0.1) is 5.92 Å². The number of aliphatic carboxylic acids is 1. The van der Waals surface area contributed by atoms with Crippen molar-refractivity contribution in [3.63, 3.8) is 0 Å². The number of rotatable bonds is 2. The normalized spacial score (nSPS) is 43.5. The van der Waals surface area contributed by atoms with Gasteiger partial charge < -0.3 is 5.11 Å². The summed E-state index contributed by atoms with van der Waals surface area (Å²) in [6.45, 7) is 2.15. The first-order valence-corrected chi connectivity index (χ1v) is 5.17. The lowest BCUT2D eigenvalue weighted by molar-refractivity contribution is -0.145. The monoisotopic (exact) mass is 183 g/mol. The van der Waals surface area contributed by atoms with E-state index in [1.165, 1.54) is 0 Å². The lowest BCUT2D eigenvalue weighted by atomic mass is 9.67. The van der Waals surface area contributed by atoms with Crippen molar-refractivity contribution in [1.82, 2.24) is 5.32 Å². The highest BCUT2D eigenvalue weighted by atomic mass is 16.4. The van der Waals surface area contributed by atoms with E-state index < -0.39 is 5.97 Å². The van der Waals surface area contributed by atoms with Gasteiger partial charge in [-0.25, -0.2) is 0 Å². The molecule has 1 aliphatic carbocycles. The van der Waals surface area contributed by atoms with Crippen LogP contribution in [0.3, 0.4) is 0 Å². The molecule has 3 rings (SSSR count). The molecule has 2 heterocycles. The summed E-state index contributed by atoms with van der Waals surface area (Å²) in [6, 6.07) is -0.276. The fourth-order valence-electron chi connectivity index (χ4n) is 2.84. The Bertz CT molecular complexity index is 219. The quantitative estimate of drug-likeness (QED) is 0.680. The number of fused-ring (bicyclic) bond motifs is 3. The van der Waals surface area contributed by atoms with Crippen molar-refractivity contribution < 1.29 is 9.90 Å². The summed E-state index contributed by atoms with van der Waals surface area (Å²) in [5.41, 5.74) is 0.151. The Labute approximate surface area is 78.5 Å². The zero-order valence-corrected chi connectivity index (χ0v) is 8.05. The molecule has 2 aliphatic heterocycles. The van der Waals surface area contributed by atoms with Gasteiger partial charge in [-0.2, -0.15) is 0 Å². The lowest BCUT2D eigenvalue weighted by Crippen LogP contribution is -2.63. The van der Waals surface area contributed by atoms with Crippen molar-refractivity contribution in [2.24, 2.45) is 5.92 Å². The number of carboxylic acid groups (broad SMARTS) is 1. The molecule has 2 bridgehead atoms. The summed E-state index contributed by atoms with van der Waals surface area (Å²) in [5, 5.41) is 12.3. The van der Waals surface area contributed by atoms with E-state index in [-0.39, 0.29) is 11.6 Å². The molecule has 0 amide bonds. The summed E-state index contributed by atoms with van der Waals surface area (Å²) in [7, 11) is 0. The Morgan fingerprint density at radius 2 is 2.15 bits per heavy atom. The van der Waals surface area contributed by atoms with Gasteiger partial charge in [0.1, 0.15) is 6.04 Å². The average Bonchev–Trinajstić information content (AvgIpc) is 2.19. The van der Waals surface area contributed by atoms with Crippen molar-refractivity contribution in [2.75, 3.05) is 0 Å². The van der Waals surface area contributed by atoms with Crippen molar-refractivity contribution in [1.29, 1.82) is 0 Å². The van der Waals surface area contributed by atoms with E-state index in [1.54, 1.807) is 0 Å². The van der Waals surface area contributed by atoms with Gasteiger partial charge >= 0.3 is 5.97 Å². The first-order valence-electron chi connectivity index (χ1n) is 5.17. The minimum Gasteiger partial charge on any atom is -0.480 e. The van der Waals surface area contributed by atoms with Crippen molar-refractivity contribution >= 4 is 5.97 Å². The molecule has 0 aromatic carbocycles. The standard InChI is InChI=1S/C10H17NO2/c1-2-10-5-3-7(4-6-10)8(11-10)9(12)13/h7-8,11H,2-6H2,1H3,(H,12,13)/t7?,8-,10?/m0/s1. The number of carboxylic acids is 1. The molecule has 0 spiro atoms. The van der Waals surface area contributed by atoms with E-state index >= 15 is 0 Å². The molecular formula is C10H17NO2. The second kappa shape index (κ2) is 2.98. The Hall–Kier alpha value is -0.570. The smallest absolute Gasteiger partial charge is 0.320 e. The first-order chi connectivity index (χ1) is 6.17. The van der Waals surface area contributed by atoms with Crippen LogP contribution in [0.5, 0.6) is 0 Å². The van der Waals surface area contributed by atoms with Gasteiger partial charge in [-0.15, -0.1) is 0 Å². The van der Waals surface area contributed by atoms with Crippen LogP contribution < -0.4 is 5.32 Å². The number of hydrogen-bond donors (Lipinski definition) is 2. The molecule has 0 aromatic heterocycles. The molecule has 2 saturated heterocycles. The van der Waals surface area contributed by atoms with Gasteiger partial charge in [-0.3, -0.25) is 10.1 Å². The molecule has 1 saturated carbocycles. The predicted octanol–water partition coefficient (Wildman–Crippen LogP) is 1.38. The van der Waals surface area contributed by atoms with Gasteiger partial charge in [-0.05, 0) is 38.0 Å². The lowest BCUT2D eigenvalue weighted by Gasteiger charge is -2.50. The Balaban J connectivity index is 2.15. The van der Waals surface area contributed by atoms with Gasteiger partial charge in [0.25, 0.3) is 0 Å². The predicted molar refractivity (Wildman–Crippen MR) is 49.5 cm³/mol. The fourth-order valence-corrected chi connectivity index (χ4v) is 2.84. The minimum atomic E-state index is -0.665. The molecule has 0 unspecified atom stereocenters. The third-order valence-electron chi connectivity index (χ3n) is 3.86. The van der Waals surface area contributed by atoms with E-state index in [0.717, 1.165) is 32.1 Å². The van der Waals surface area contributed by atoms with E-state index in [2.05, 4.69) is 12.2 Å². The summed E-state index contributed by atoms with van der Waals surface area (Å²) < 4.78 is 0. The van der Waals surface area contributed by atoms with Crippen LogP contribution in [-0.4, -0.2) is 22.7 Å². The van der Waals surface area contributed by atoms with Crippen molar-refractivity contribution in [2.45, 2.75) is 50.6 Å². The molecule has 1 atom stereocenters. The molecule has 74 valence electrons. The Kier molecular flexibility index (Phi) is 2.06. The molecule has 3 nitrogen and oxygen atoms in total. The van der Waals surface area contributed by atoms with E-state index in [9.17, 15) is 4.79 Å². The second-order valence-electron chi connectivity index (χ2n) is 4.43. The number of nitrogens with one attached hydrogen (secondary N) is 1. The van der Waals surface area contributed by atoms with Gasteiger partial charge in [-0.1, -0.05) is 6.92 Å². The number of hydrogen-bond acceptors (Lipinski definition) is 2. The van der Waals surface area contributed by atoms with Crippen LogP contribution in [0.15, 0.2) is 0 Å². The van der Waals surface area contributed by atoms with E-state index in [1.807, 2.05) is 0 Å². The maximum Gasteiger partial charge on any atom is 0.320 e. The van der Waals surface area contributed by atoms with Crippen LogP contribution in [0.2, 0.25) is 0 Å². The summed E-state index contributed by atoms with van der Waals surface area (Å²) in [5.74, 6) is -0.284. The summed E-state index contributed by atoms with van der Waals surface area (Å²) >= 11 is 0. The van der Waals surface area contributed by atoms with E-state index in [4.69, 9.17) is 5.11 Å². The Morgan fingerprint density at radius 1 is 1.54 bits per heavy atom. The maximum atomic E-state index is 10.9. The van der Waals surface area contributed by atoms with Gasteiger partial charge in [0.2, 0.25) is 0 Å². The molecule has 0 aromatic rings. The highest BCUT2D eigenvalue weighted by molar-refractivity contribution is 5.74. The number of piperidine rings is 2. The maximum absolute atomic E-state index is 10.9. The molecule has 3 heteroatoms. The third-order valence-corrected chi connectivity index (χ3v) is 3.86. The largest absolute Gasteiger partial charge is 0.480 e. The van der Waals surface area contributed by atoms with Crippen LogP contribution >= 0.6 is 0 Å². The molecule has 13 heavy (non-hydrogen) atoms. The highest BCUT2D eigenvalue weighted by Gasteiger charge is 2.46. The van der Waals surface area contributed by atoms with Crippen LogP contribution in [0.25, 0.3) is 0 Å². The number of carbonyl (C=O) groups is 1. The molecule has 3 fully saturated rings. The van der Waals surface area contributed by atoms with Crippen molar-refractivity contribution in [3.8, 4) is 0 Å². The molecule has 2 N–H and O–H groups in total. The molecule has 0 radical (unpaired) electrons. The Morgan fingerprint density at radius 3 is 2.62 bits per heavy atom. The first kappa shape index (κ1) is 9.00. The average molecular weight is 183 g/mol. The van der Waals surface area contributed by atoms with E-state index in [0.29, 0.717) is 5.92 Å². The van der Waals surface area contributed by atoms with Gasteiger partial charge in [0.05, 0.1) is 0 Å². The topological polar surface area (TPSA) is 49.3 Å². The second-order valence-corrected chi connectivity index (χ2v) is 4.43. The van der Waals surface area contributed by atoms with Crippen LogP contribution in [-0.2, 0) is 4.79 Å². The zero-order chi connectivity index (χ0) is 9.47. The minimum absolute atomic E-state index is 0.151. The van der Waals surface area contributed by atoms with Gasteiger partial charge in [0, 0.05) is 5.54 Å². The summed E-state index contributed by atoms with van der Waals surface area (Å²) in [4.78, 5) is 10.9. The molecule has 3 aliphatic rings. The summed E-state index contributed by atoms with van der Waals surface area (Å²) in [6.07, 6.45) is 5.58. The van der Waals surface area contributed by atoms with Crippen LogP contribution in [0.1, 0.15) is 39.0 Å². The fraction of sp³-hybridized carbons (Fsp3) is 0.900. The third kappa shape index (κ3) is 1.35. The SMILES string of the molecule is CCC12CCC(CC1)[C@@H](C(=O)O)N2. The van der Waals surface area contributed by atoms with Gasteiger partial charge in [0.15, 0.2) is 0 Å². The zero-order valence-electron chi connectivity index (χ0n) is 8.05.